The predicted molar refractivity (Wildman–Crippen MR) is 66.8 cm³/mol. The van der Waals surface area contributed by atoms with E-state index in [1.54, 1.807) is 12.1 Å². The van der Waals surface area contributed by atoms with E-state index in [9.17, 15) is 4.79 Å². The van der Waals surface area contributed by atoms with Crippen LogP contribution in [-0.2, 0) is 0 Å². The predicted octanol–water partition coefficient (Wildman–Crippen LogP) is 0.718. The highest BCUT2D eigenvalue weighted by Crippen LogP contribution is 2.17. The van der Waals surface area contributed by atoms with Crippen molar-refractivity contribution >= 4 is 17.5 Å². The molecule has 4 N–H and O–H groups in total. The molecule has 18 heavy (non-hydrogen) atoms. The molecule has 0 atom stereocenters. The fourth-order valence-electron chi connectivity index (χ4n) is 1.45. The fraction of sp³-hybridized carbons (Fsp3) is 0.0909. The zero-order chi connectivity index (χ0) is 13.0. The second kappa shape index (κ2) is 5.19. The Morgan fingerprint density at radius 1 is 1.33 bits per heavy atom. The SMILES string of the molecule is Cc1ccc(NN)c(C(=O)Nc2nccnn2)c1. The number of amides is 1. The number of hydrogen-bond donors (Lipinski definition) is 3. The first-order valence-corrected chi connectivity index (χ1v) is 5.23. The molecule has 0 aliphatic rings. The molecule has 0 saturated heterocycles. The van der Waals surface area contributed by atoms with E-state index in [1.807, 2.05) is 13.0 Å². The summed E-state index contributed by atoms with van der Waals surface area (Å²) in [5, 5.41) is 9.84. The van der Waals surface area contributed by atoms with Crippen molar-refractivity contribution in [3.63, 3.8) is 0 Å². The zero-order valence-corrected chi connectivity index (χ0v) is 9.71. The molecular formula is C11H12N6O. The van der Waals surface area contributed by atoms with Crippen LogP contribution in [0.5, 0.6) is 0 Å². The van der Waals surface area contributed by atoms with Gasteiger partial charge in [-0.2, -0.15) is 5.10 Å². The summed E-state index contributed by atoms with van der Waals surface area (Å²) in [6, 6.07) is 5.31. The number of nitrogens with two attached hydrogens (primary N) is 1. The normalized spacial score (nSPS) is 9.89. The maximum absolute atomic E-state index is 12.0. The first kappa shape index (κ1) is 11.9. The van der Waals surface area contributed by atoms with Gasteiger partial charge in [-0.1, -0.05) is 11.6 Å². The lowest BCUT2D eigenvalue weighted by Crippen LogP contribution is -2.18. The molecule has 1 heterocycles. The summed E-state index contributed by atoms with van der Waals surface area (Å²) in [6.45, 7) is 1.89. The van der Waals surface area contributed by atoms with Gasteiger partial charge in [0.2, 0.25) is 5.95 Å². The molecule has 0 saturated carbocycles. The summed E-state index contributed by atoms with van der Waals surface area (Å²) in [4.78, 5) is 15.9. The second-order valence-electron chi connectivity index (χ2n) is 3.61. The van der Waals surface area contributed by atoms with Gasteiger partial charge in [0.05, 0.1) is 23.6 Å². The fourth-order valence-corrected chi connectivity index (χ4v) is 1.45. The number of carbonyl (C=O) groups is 1. The summed E-state index contributed by atoms with van der Waals surface area (Å²) >= 11 is 0. The van der Waals surface area contributed by atoms with E-state index in [2.05, 4.69) is 25.9 Å². The van der Waals surface area contributed by atoms with Crippen molar-refractivity contribution < 1.29 is 4.79 Å². The van der Waals surface area contributed by atoms with Gasteiger partial charge in [-0.15, -0.1) is 5.10 Å². The molecule has 2 aromatic rings. The number of nitrogens with one attached hydrogen (secondary N) is 2. The maximum atomic E-state index is 12.0. The highest BCUT2D eigenvalue weighted by molar-refractivity contribution is 6.07. The number of aryl methyl sites for hydroxylation is 1. The van der Waals surface area contributed by atoms with Gasteiger partial charge in [0.25, 0.3) is 5.91 Å². The Morgan fingerprint density at radius 3 is 2.83 bits per heavy atom. The third-order valence-electron chi connectivity index (χ3n) is 2.28. The van der Waals surface area contributed by atoms with Crippen LogP contribution < -0.4 is 16.6 Å². The number of carbonyl (C=O) groups excluding carboxylic acids is 1. The van der Waals surface area contributed by atoms with E-state index in [-0.39, 0.29) is 11.9 Å². The standard InChI is InChI=1S/C11H12N6O/c1-7-2-3-9(16-12)8(6-7)10(18)15-11-13-4-5-14-17-11/h2-6,16H,12H2,1H3,(H,13,15,17,18). The summed E-state index contributed by atoms with van der Waals surface area (Å²) in [5.74, 6) is 5.16. The molecule has 7 nitrogen and oxygen atoms in total. The Morgan fingerprint density at radius 2 is 2.17 bits per heavy atom. The van der Waals surface area contributed by atoms with Crippen molar-refractivity contribution in [1.29, 1.82) is 0 Å². The minimum absolute atomic E-state index is 0.145. The van der Waals surface area contributed by atoms with Gasteiger partial charge in [-0.3, -0.25) is 16.0 Å². The molecule has 0 bridgehead atoms. The van der Waals surface area contributed by atoms with Crippen LogP contribution in [0.3, 0.4) is 0 Å². The summed E-state index contributed by atoms with van der Waals surface area (Å²) in [6.07, 6.45) is 2.87. The average molecular weight is 244 g/mol. The van der Waals surface area contributed by atoms with E-state index < -0.39 is 0 Å². The van der Waals surface area contributed by atoms with Gasteiger partial charge >= 0.3 is 0 Å². The minimum Gasteiger partial charge on any atom is -0.323 e. The number of benzene rings is 1. The largest absolute Gasteiger partial charge is 0.323 e. The third-order valence-corrected chi connectivity index (χ3v) is 2.28. The van der Waals surface area contributed by atoms with Gasteiger partial charge in [-0.05, 0) is 19.1 Å². The molecule has 7 heteroatoms. The molecule has 0 spiro atoms. The molecule has 1 amide bonds. The number of nitrogen functional groups attached to an aromatic ring is 1. The number of rotatable bonds is 3. The molecule has 0 radical (unpaired) electrons. The number of anilines is 2. The van der Waals surface area contributed by atoms with E-state index in [1.165, 1.54) is 12.4 Å². The Labute approximate surface area is 103 Å². The molecule has 0 aliphatic carbocycles. The molecule has 0 aliphatic heterocycles. The lowest BCUT2D eigenvalue weighted by atomic mass is 10.1. The molecule has 2 rings (SSSR count). The van der Waals surface area contributed by atoms with Gasteiger partial charge in [0.15, 0.2) is 0 Å². The van der Waals surface area contributed by atoms with E-state index in [4.69, 9.17) is 5.84 Å². The monoisotopic (exact) mass is 244 g/mol. The van der Waals surface area contributed by atoms with E-state index in [0.29, 0.717) is 11.3 Å². The van der Waals surface area contributed by atoms with Crippen molar-refractivity contribution in [3.05, 3.63) is 41.7 Å². The van der Waals surface area contributed by atoms with Gasteiger partial charge in [-0.25, -0.2) is 4.98 Å². The summed E-state index contributed by atoms with van der Waals surface area (Å²) in [7, 11) is 0. The maximum Gasteiger partial charge on any atom is 0.260 e. The highest BCUT2D eigenvalue weighted by atomic mass is 16.1. The molecule has 0 fully saturated rings. The topological polar surface area (TPSA) is 106 Å². The number of nitrogens with zero attached hydrogens (tertiary/aromatic N) is 3. The Bertz CT molecular complexity index is 557. The molecule has 0 unspecified atom stereocenters. The van der Waals surface area contributed by atoms with Crippen LogP contribution in [0.25, 0.3) is 0 Å². The van der Waals surface area contributed by atoms with E-state index >= 15 is 0 Å². The van der Waals surface area contributed by atoms with E-state index in [0.717, 1.165) is 5.56 Å². The van der Waals surface area contributed by atoms with Crippen LogP contribution in [-0.4, -0.2) is 21.1 Å². The minimum atomic E-state index is -0.348. The number of hydrazine groups is 1. The number of hydrogen-bond acceptors (Lipinski definition) is 6. The van der Waals surface area contributed by atoms with Gasteiger partial charge in [0, 0.05) is 0 Å². The Balaban J connectivity index is 2.26. The van der Waals surface area contributed by atoms with Crippen LogP contribution in [0, 0.1) is 6.92 Å². The van der Waals surface area contributed by atoms with Crippen molar-refractivity contribution in [1.82, 2.24) is 15.2 Å². The van der Waals surface area contributed by atoms with Crippen molar-refractivity contribution in [2.75, 3.05) is 10.7 Å². The summed E-state index contributed by atoms with van der Waals surface area (Å²) in [5.41, 5.74) is 4.37. The lowest BCUT2D eigenvalue weighted by molar-refractivity contribution is 0.102. The first-order chi connectivity index (χ1) is 8.70. The number of aromatic nitrogens is 3. The Hall–Kier alpha value is -2.54. The van der Waals surface area contributed by atoms with Crippen LogP contribution in [0.15, 0.2) is 30.6 Å². The second-order valence-corrected chi connectivity index (χ2v) is 3.61. The van der Waals surface area contributed by atoms with Crippen LogP contribution in [0.1, 0.15) is 15.9 Å². The van der Waals surface area contributed by atoms with Crippen LogP contribution in [0.2, 0.25) is 0 Å². The average Bonchev–Trinajstić information content (AvgIpc) is 2.40. The molecule has 92 valence electrons. The first-order valence-electron chi connectivity index (χ1n) is 5.23. The molecule has 1 aromatic heterocycles. The van der Waals surface area contributed by atoms with Crippen molar-refractivity contribution in [2.45, 2.75) is 6.92 Å². The van der Waals surface area contributed by atoms with Crippen molar-refractivity contribution in [3.8, 4) is 0 Å². The lowest BCUT2D eigenvalue weighted by Gasteiger charge is -2.09. The van der Waals surface area contributed by atoms with Gasteiger partial charge in [0.1, 0.15) is 0 Å². The Kier molecular flexibility index (Phi) is 3.44. The quantitative estimate of drug-likeness (QED) is 0.542. The molecular weight excluding hydrogens is 232 g/mol. The highest BCUT2D eigenvalue weighted by Gasteiger charge is 2.12. The third kappa shape index (κ3) is 2.58. The zero-order valence-electron chi connectivity index (χ0n) is 9.71. The smallest absolute Gasteiger partial charge is 0.260 e. The summed E-state index contributed by atoms with van der Waals surface area (Å²) < 4.78 is 0. The van der Waals surface area contributed by atoms with Crippen molar-refractivity contribution in [2.24, 2.45) is 5.84 Å². The van der Waals surface area contributed by atoms with Gasteiger partial charge < -0.3 is 5.43 Å². The van der Waals surface area contributed by atoms with Crippen LogP contribution >= 0.6 is 0 Å². The molecule has 1 aromatic carbocycles. The van der Waals surface area contributed by atoms with Crippen LogP contribution in [0.4, 0.5) is 11.6 Å².